The van der Waals surface area contributed by atoms with Crippen molar-refractivity contribution in [3.05, 3.63) is 41.2 Å². The van der Waals surface area contributed by atoms with Crippen molar-refractivity contribution in [3.8, 4) is 0 Å². The van der Waals surface area contributed by atoms with Crippen molar-refractivity contribution in [2.24, 2.45) is 0 Å². The maximum atomic E-state index is 11.4. The number of furan rings is 1. The Morgan fingerprint density at radius 2 is 2.16 bits per heavy atom. The minimum absolute atomic E-state index is 0.0422. The number of esters is 1. The van der Waals surface area contributed by atoms with Crippen molar-refractivity contribution in [1.82, 2.24) is 9.97 Å². The highest BCUT2D eigenvalue weighted by Crippen LogP contribution is 2.11. The molecule has 19 heavy (non-hydrogen) atoms. The Labute approximate surface area is 110 Å². The summed E-state index contributed by atoms with van der Waals surface area (Å²) in [4.78, 5) is 19.5. The number of hydrogen-bond donors (Lipinski definition) is 1. The first-order valence-corrected chi connectivity index (χ1v) is 5.81. The summed E-state index contributed by atoms with van der Waals surface area (Å²) in [5, 5.41) is 3.08. The molecule has 0 unspecified atom stereocenters. The van der Waals surface area contributed by atoms with E-state index in [4.69, 9.17) is 4.42 Å². The predicted octanol–water partition coefficient (Wildman–Crippen LogP) is 2.09. The van der Waals surface area contributed by atoms with Gasteiger partial charge in [0.1, 0.15) is 17.3 Å². The molecule has 0 aliphatic heterocycles. The molecule has 0 aliphatic carbocycles. The summed E-state index contributed by atoms with van der Waals surface area (Å²) in [6, 6.07) is 5.53. The van der Waals surface area contributed by atoms with Gasteiger partial charge in [-0.15, -0.1) is 0 Å². The molecule has 0 spiro atoms. The van der Waals surface area contributed by atoms with Gasteiger partial charge in [0.2, 0.25) is 5.82 Å². The van der Waals surface area contributed by atoms with Gasteiger partial charge in [0.05, 0.1) is 13.7 Å². The van der Waals surface area contributed by atoms with E-state index >= 15 is 0 Å². The highest BCUT2D eigenvalue weighted by molar-refractivity contribution is 5.85. The first-order chi connectivity index (χ1) is 9.08. The first-order valence-electron chi connectivity index (χ1n) is 5.81. The van der Waals surface area contributed by atoms with E-state index < -0.39 is 5.97 Å². The molecular weight excluding hydrogens is 246 g/mol. The second kappa shape index (κ2) is 5.51. The fourth-order valence-electron chi connectivity index (χ4n) is 1.60. The predicted molar refractivity (Wildman–Crippen MR) is 68.9 cm³/mol. The van der Waals surface area contributed by atoms with Crippen molar-refractivity contribution in [2.45, 2.75) is 20.4 Å². The van der Waals surface area contributed by atoms with Crippen LogP contribution >= 0.6 is 0 Å². The van der Waals surface area contributed by atoms with E-state index in [-0.39, 0.29) is 5.82 Å². The maximum Gasteiger partial charge on any atom is 0.376 e. The molecule has 0 fully saturated rings. The number of carbonyl (C=O) groups is 1. The monoisotopic (exact) mass is 261 g/mol. The van der Waals surface area contributed by atoms with Gasteiger partial charge in [0.15, 0.2) is 0 Å². The third-order valence-corrected chi connectivity index (χ3v) is 2.46. The van der Waals surface area contributed by atoms with Crippen molar-refractivity contribution in [2.75, 3.05) is 12.4 Å². The second-order valence-corrected chi connectivity index (χ2v) is 4.08. The van der Waals surface area contributed by atoms with E-state index in [9.17, 15) is 4.79 Å². The molecule has 1 N–H and O–H groups in total. The molecule has 0 bridgehead atoms. The van der Waals surface area contributed by atoms with Crippen LogP contribution in [-0.4, -0.2) is 23.0 Å². The Morgan fingerprint density at radius 1 is 1.37 bits per heavy atom. The summed E-state index contributed by atoms with van der Waals surface area (Å²) < 4.78 is 10.0. The van der Waals surface area contributed by atoms with Crippen molar-refractivity contribution in [1.29, 1.82) is 0 Å². The van der Waals surface area contributed by atoms with Crippen LogP contribution in [0.15, 0.2) is 22.6 Å². The Morgan fingerprint density at radius 3 is 2.79 bits per heavy atom. The number of anilines is 1. The minimum Gasteiger partial charge on any atom is -0.465 e. The Bertz CT molecular complexity index is 593. The molecule has 6 heteroatoms. The number of ether oxygens (including phenoxy) is 1. The molecule has 100 valence electrons. The lowest BCUT2D eigenvalue weighted by atomic mass is 10.4. The van der Waals surface area contributed by atoms with Gasteiger partial charge in [0, 0.05) is 11.8 Å². The smallest absolute Gasteiger partial charge is 0.376 e. The zero-order valence-corrected chi connectivity index (χ0v) is 11.1. The van der Waals surface area contributed by atoms with Crippen LogP contribution in [0.2, 0.25) is 0 Å². The number of aromatic nitrogens is 2. The van der Waals surface area contributed by atoms with Gasteiger partial charge in [0.25, 0.3) is 0 Å². The van der Waals surface area contributed by atoms with Gasteiger partial charge in [-0.25, -0.2) is 14.8 Å². The van der Waals surface area contributed by atoms with E-state index in [0.717, 1.165) is 11.5 Å². The molecule has 0 aromatic carbocycles. The SMILES string of the molecule is COC(=O)c1nc(C)cc(NCc2ccc(C)o2)n1. The van der Waals surface area contributed by atoms with Crippen molar-refractivity contribution < 1.29 is 13.9 Å². The average molecular weight is 261 g/mol. The fraction of sp³-hybridized carbons (Fsp3) is 0.308. The lowest BCUT2D eigenvalue weighted by Gasteiger charge is -2.06. The highest BCUT2D eigenvalue weighted by Gasteiger charge is 2.11. The molecular formula is C13H15N3O3. The Balaban J connectivity index is 2.11. The van der Waals surface area contributed by atoms with Crippen LogP contribution < -0.4 is 5.32 Å². The number of nitrogens with one attached hydrogen (secondary N) is 1. The molecule has 2 aromatic heterocycles. The van der Waals surface area contributed by atoms with E-state index in [1.165, 1.54) is 7.11 Å². The van der Waals surface area contributed by atoms with Crippen LogP contribution in [-0.2, 0) is 11.3 Å². The Hall–Kier alpha value is -2.37. The van der Waals surface area contributed by atoms with E-state index in [2.05, 4.69) is 20.0 Å². The molecule has 0 aliphatic rings. The molecule has 0 atom stereocenters. The highest BCUT2D eigenvalue weighted by atomic mass is 16.5. The number of hydrogen-bond acceptors (Lipinski definition) is 6. The Kier molecular flexibility index (Phi) is 3.79. The van der Waals surface area contributed by atoms with Crippen LogP contribution in [0, 0.1) is 13.8 Å². The lowest BCUT2D eigenvalue weighted by Crippen LogP contribution is -2.11. The molecule has 0 saturated carbocycles. The number of rotatable bonds is 4. The van der Waals surface area contributed by atoms with E-state index in [1.807, 2.05) is 19.1 Å². The van der Waals surface area contributed by atoms with Crippen LogP contribution in [0.1, 0.15) is 27.8 Å². The first kappa shape index (κ1) is 13.1. The summed E-state index contributed by atoms with van der Waals surface area (Å²) in [5.41, 5.74) is 0.688. The van der Waals surface area contributed by atoms with Crippen LogP contribution in [0.25, 0.3) is 0 Å². The maximum absolute atomic E-state index is 11.4. The van der Waals surface area contributed by atoms with Crippen molar-refractivity contribution in [3.63, 3.8) is 0 Å². The second-order valence-electron chi connectivity index (χ2n) is 4.08. The van der Waals surface area contributed by atoms with E-state index in [0.29, 0.717) is 18.1 Å². The number of methoxy groups -OCH3 is 1. The molecule has 2 rings (SSSR count). The van der Waals surface area contributed by atoms with Crippen LogP contribution in [0.4, 0.5) is 5.82 Å². The van der Waals surface area contributed by atoms with Gasteiger partial charge in [-0.1, -0.05) is 0 Å². The molecule has 6 nitrogen and oxygen atoms in total. The van der Waals surface area contributed by atoms with Gasteiger partial charge >= 0.3 is 5.97 Å². The number of carbonyl (C=O) groups excluding carboxylic acids is 1. The van der Waals surface area contributed by atoms with Gasteiger partial charge in [-0.05, 0) is 26.0 Å². The zero-order chi connectivity index (χ0) is 13.8. The van der Waals surface area contributed by atoms with Gasteiger partial charge in [-0.3, -0.25) is 0 Å². The quantitative estimate of drug-likeness (QED) is 0.849. The molecule has 2 heterocycles. The summed E-state index contributed by atoms with van der Waals surface area (Å²) in [6.07, 6.45) is 0. The summed E-state index contributed by atoms with van der Waals surface area (Å²) in [6.45, 7) is 4.16. The third kappa shape index (κ3) is 3.31. The number of aryl methyl sites for hydroxylation is 2. The van der Waals surface area contributed by atoms with Crippen LogP contribution in [0.3, 0.4) is 0 Å². The van der Waals surface area contributed by atoms with Gasteiger partial charge in [-0.2, -0.15) is 0 Å². The fourth-order valence-corrected chi connectivity index (χ4v) is 1.60. The third-order valence-electron chi connectivity index (χ3n) is 2.46. The van der Waals surface area contributed by atoms with Crippen LogP contribution in [0.5, 0.6) is 0 Å². The normalized spacial score (nSPS) is 10.3. The average Bonchev–Trinajstić information content (AvgIpc) is 2.80. The minimum atomic E-state index is -0.555. The summed E-state index contributed by atoms with van der Waals surface area (Å²) in [5.74, 6) is 1.70. The molecule has 0 amide bonds. The van der Waals surface area contributed by atoms with E-state index in [1.54, 1.807) is 13.0 Å². The molecule has 0 saturated heterocycles. The standard InChI is InChI=1S/C13H15N3O3/c1-8-6-11(16-12(15-8)13(17)18-3)14-7-10-5-4-9(2)19-10/h4-6H,7H2,1-3H3,(H,14,15,16). The van der Waals surface area contributed by atoms with Gasteiger partial charge < -0.3 is 14.5 Å². The molecule has 0 radical (unpaired) electrons. The molecule has 2 aromatic rings. The largest absolute Gasteiger partial charge is 0.465 e. The van der Waals surface area contributed by atoms with Crippen molar-refractivity contribution >= 4 is 11.8 Å². The number of nitrogens with zero attached hydrogens (tertiary/aromatic N) is 2. The summed E-state index contributed by atoms with van der Waals surface area (Å²) >= 11 is 0. The topological polar surface area (TPSA) is 77.2 Å². The summed E-state index contributed by atoms with van der Waals surface area (Å²) in [7, 11) is 1.30. The zero-order valence-electron chi connectivity index (χ0n) is 11.1. The lowest BCUT2D eigenvalue weighted by molar-refractivity contribution is 0.0586.